The maximum Gasteiger partial charge on any atom is 0.407 e. The SMILES string of the molecule is CCOC(=O)CN=C(C(C#N)C#N)N1CCC[C@@H](NC(=O)OC(C)(C)C)C1. The van der Waals surface area contributed by atoms with Crippen LogP contribution in [0.2, 0.25) is 0 Å². The minimum Gasteiger partial charge on any atom is -0.465 e. The van der Waals surface area contributed by atoms with E-state index in [1.165, 1.54) is 0 Å². The first-order valence-electron chi connectivity index (χ1n) is 8.93. The number of likely N-dealkylation sites (tertiary alicyclic amines) is 1. The molecule has 0 unspecified atom stereocenters. The van der Waals surface area contributed by atoms with Crippen molar-refractivity contribution in [2.45, 2.75) is 52.2 Å². The molecule has 0 aromatic heterocycles. The van der Waals surface area contributed by atoms with Crippen LogP contribution in [0, 0.1) is 28.6 Å². The minimum absolute atomic E-state index is 0.209. The van der Waals surface area contributed by atoms with Crippen molar-refractivity contribution in [1.29, 1.82) is 10.5 Å². The monoisotopic (exact) mass is 377 g/mol. The lowest BCUT2D eigenvalue weighted by Gasteiger charge is -2.35. The molecule has 0 saturated carbocycles. The molecule has 0 aromatic carbocycles. The van der Waals surface area contributed by atoms with Crippen molar-refractivity contribution < 1.29 is 19.1 Å². The van der Waals surface area contributed by atoms with Crippen molar-refractivity contribution in [1.82, 2.24) is 10.2 Å². The molecule has 1 rings (SSSR count). The summed E-state index contributed by atoms with van der Waals surface area (Å²) in [7, 11) is 0. The number of hydrogen-bond acceptors (Lipinski definition) is 7. The summed E-state index contributed by atoms with van der Waals surface area (Å²) in [6, 6.07) is 3.58. The standard InChI is InChI=1S/C18H27N5O4/c1-5-26-15(24)11-21-16(13(9-19)10-20)23-8-6-7-14(12-23)22-17(25)27-18(2,3)4/h13-14H,5-8,11-12H2,1-4H3,(H,22,25)/t14-/m1/s1. The highest BCUT2D eigenvalue weighted by Crippen LogP contribution is 2.16. The second-order valence-corrected chi connectivity index (χ2v) is 7.10. The predicted octanol–water partition coefficient (Wildman–Crippen LogP) is 1.60. The highest BCUT2D eigenvalue weighted by Gasteiger charge is 2.29. The first-order chi connectivity index (χ1) is 12.7. The zero-order chi connectivity index (χ0) is 20.4. The summed E-state index contributed by atoms with van der Waals surface area (Å²) in [4.78, 5) is 29.5. The highest BCUT2D eigenvalue weighted by molar-refractivity contribution is 5.90. The Morgan fingerprint density at radius 2 is 2.00 bits per heavy atom. The van der Waals surface area contributed by atoms with Gasteiger partial charge < -0.3 is 19.7 Å². The molecular formula is C18H27N5O4. The molecule has 1 N–H and O–H groups in total. The Bertz CT molecular complexity index is 628. The molecule has 9 heteroatoms. The van der Waals surface area contributed by atoms with E-state index in [2.05, 4.69) is 10.3 Å². The number of ether oxygens (including phenoxy) is 2. The topological polar surface area (TPSA) is 128 Å². The quantitative estimate of drug-likeness (QED) is 0.438. The van der Waals surface area contributed by atoms with Gasteiger partial charge in [-0.2, -0.15) is 10.5 Å². The lowest BCUT2D eigenvalue weighted by Crippen LogP contribution is -2.51. The average molecular weight is 377 g/mol. The molecule has 1 aliphatic rings. The van der Waals surface area contributed by atoms with E-state index in [9.17, 15) is 20.1 Å². The number of esters is 1. The van der Waals surface area contributed by atoms with Crippen molar-refractivity contribution in [2.75, 3.05) is 26.2 Å². The number of piperidine rings is 1. The van der Waals surface area contributed by atoms with E-state index < -0.39 is 23.6 Å². The predicted molar refractivity (Wildman–Crippen MR) is 97.6 cm³/mol. The first-order valence-corrected chi connectivity index (χ1v) is 8.93. The summed E-state index contributed by atoms with van der Waals surface area (Å²) in [5.74, 6) is -1.39. The van der Waals surface area contributed by atoms with Gasteiger partial charge in [-0.15, -0.1) is 0 Å². The molecule has 27 heavy (non-hydrogen) atoms. The molecule has 0 radical (unpaired) electrons. The van der Waals surface area contributed by atoms with Crippen LogP contribution >= 0.6 is 0 Å². The third kappa shape index (κ3) is 7.95. The zero-order valence-electron chi connectivity index (χ0n) is 16.3. The number of alkyl carbamates (subject to hydrolysis) is 1. The largest absolute Gasteiger partial charge is 0.465 e. The van der Waals surface area contributed by atoms with Gasteiger partial charge in [-0.3, -0.25) is 9.79 Å². The van der Waals surface area contributed by atoms with Gasteiger partial charge in [0.25, 0.3) is 0 Å². The molecular weight excluding hydrogens is 350 g/mol. The van der Waals surface area contributed by atoms with Gasteiger partial charge >= 0.3 is 12.1 Å². The van der Waals surface area contributed by atoms with Gasteiger partial charge in [-0.05, 0) is 40.5 Å². The molecule has 0 bridgehead atoms. The van der Waals surface area contributed by atoms with Crippen LogP contribution in [0.4, 0.5) is 4.79 Å². The van der Waals surface area contributed by atoms with Gasteiger partial charge in [0.2, 0.25) is 0 Å². The molecule has 0 aliphatic carbocycles. The van der Waals surface area contributed by atoms with Crippen LogP contribution in [0.3, 0.4) is 0 Å². The number of amidine groups is 1. The molecule has 9 nitrogen and oxygen atoms in total. The smallest absolute Gasteiger partial charge is 0.407 e. The summed E-state index contributed by atoms with van der Waals surface area (Å²) in [5.41, 5.74) is -0.600. The normalized spacial score (nSPS) is 17.7. The van der Waals surface area contributed by atoms with E-state index in [-0.39, 0.29) is 25.0 Å². The van der Waals surface area contributed by atoms with E-state index >= 15 is 0 Å². The van der Waals surface area contributed by atoms with Crippen molar-refractivity contribution in [3.63, 3.8) is 0 Å². The molecule has 1 aliphatic heterocycles. The fourth-order valence-electron chi connectivity index (χ4n) is 2.65. The van der Waals surface area contributed by atoms with Gasteiger partial charge in [0.15, 0.2) is 5.92 Å². The van der Waals surface area contributed by atoms with E-state index in [0.29, 0.717) is 13.1 Å². The number of aliphatic imine (C=N–C) groups is 1. The fraction of sp³-hybridized carbons (Fsp3) is 0.722. The Morgan fingerprint density at radius 3 is 2.56 bits per heavy atom. The Labute approximate surface area is 159 Å². The maximum atomic E-state index is 12.0. The van der Waals surface area contributed by atoms with Crippen LogP contribution in [0.1, 0.15) is 40.5 Å². The molecule has 1 atom stereocenters. The zero-order valence-corrected chi connectivity index (χ0v) is 16.3. The Hall–Kier alpha value is -2.81. The third-order valence-electron chi connectivity index (χ3n) is 3.66. The van der Waals surface area contributed by atoms with Crippen molar-refractivity contribution in [3.05, 3.63) is 0 Å². The summed E-state index contributed by atoms with van der Waals surface area (Å²) in [6.07, 6.45) is 0.962. The van der Waals surface area contributed by atoms with E-state index in [1.54, 1.807) is 32.6 Å². The van der Waals surface area contributed by atoms with Crippen LogP contribution in [0.15, 0.2) is 4.99 Å². The van der Waals surface area contributed by atoms with Gasteiger partial charge in [0.1, 0.15) is 18.0 Å². The van der Waals surface area contributed by atoms with Gasteiger partial charge in [0, 0.05) is 19.1 Å². The van der Waals surface area contributed by atoms with Gasteiger partial charge in [-0.25, -0.2) is 4.79 Å². The Morgan fingerprint density at radius 1 is 1.33 bits per heavy atom. The number of carbonyl (C=O) groups is 2. The van der Waals surface area contributed by atoms with Gasteiger partial charge in [-0.1, -0.05) is 0 Å². The van der Waals surface area contributed by atoms with Crippen LogP contribution in [-0.4, -0.2) is 60.7 Å². The summed E-state index contributed by atoms with van der Waals surface area (Å²) in [6.45, 7) is 7.96. The number of nitriles is 2. The summed E-state index contributed by atoms with van der Waals surface area (Å²) < 4.78 is 10.1. The molecule has 1 fully saturated rings. The molecule has 148 valence electrons. The van der Waals surface area contributed by atoms with Crippen molar-refractivity contribution in [3.8, 4) is 12.1 Å². The summed E-state index contributed by atoms with van der Waals surface area (Å²) in [5, 5.41) is 21.3. The number of amides is 1. The fourth-order valence-corrected chi connectivity index (χ4v) is 2.65. The second-order valence-electron chi connectivity index (χ2n) is 7.10. The molecule has 1 heterocycles. The van der Waals surface area contributed by atoms with E-state index in [1.807, 2.05) is 12.1 Å². The molecule has 1 saturated heterocycles. The molecule has 0 spiro atoms. The molecule has 0 aromatic rings. The van der Waals surface area contributed by atoms with Gasteiger partial charge in [0.05, 0.1) is 18.7 Å². The van der Waals surface area contributed by atoms with Crippen LogP contribution in [0.25, 0.3) is 0 Å². The number of rotatable bonds is 5. The molecule has 1 amide bonds. The average Bonchev–Trinajstić information content (AvgIpc) is 2.57. The Kier molecular flexibility index (Phi) is 8.53. The maximum absolute atomic E-state index is 12.0. The van der Waals surface area contributed by atoms with Crippen molar-refractivity contribution in [2.24, 2.45) is 10.9 Å². The van der Waals surface area contributed by atoms with Crippen molar-refractivity contribution >= 4 is 17.9 Å². The lowest BCUT2D eigenvalue weighted by atomic mass is 10.0. The minimum atomic E-state index is -1.10. The number of nitrogens with one attached hydrogen (secondary N) is 1. The van der Waals surface area contributed by atoms with Crippen LogP contribution in [-0.2, 0) is 14.3 Å². The van der Waals surface area contributed by atoms with Crippen LogP contribution < -0.4 is 5.32 Å². The first kappa shape index (κ1) is 22.2. The lowest BCUT2D eigenvalue weighted by molar-refractivity contribution is -0.141. The number of hydrogen-bond donors (Lipinski definition) is 1. The number of carbonyl (C=O) groups excluding carboxylic acids is 2. The third-order valence-corrected chi connectivity index (χ3v) is 3.66. The van der Waals surface area contributed by atoms with E-state index in [0.717, 1.165) is 12.8 Å². The second kappa shape index (κ2) is 10.4. The summed E-state index contributed by atoms with van der Waals surface area (Å²) >= 11 is 0. The Balaban J connectivity index is 2.85. The van der Waals surface area contributed by atoms with E-state index in [4.69, 9.17) is 9.47 Å². The number of nitrogens with zero attached hydrogens (tertiary/aromatic N) is 4. The van der Waals surface area contributed by atoms with Crippen LogP contribution in [0.5, 0.6) is 0 Å². The highest BCUT2D eigenvalue weighted by atomic mass is 16.6.